The average molecular weight is 418 g/mol. The molecule has 27 heavy (non-hydrogen) atoms. The molecule has 0 spiro atoms. The smallest absolute Gasteiger partial charge is 0.406 e. The van der Waals surface area contributed by atoms with E-state index in [0.29, 0.717) is 0 Å². The van der Waals surface area contributed by atoms with Gasteiger partial charge in [0.15, 0.2) is 0 Å². The highest BCUT2D eigenvalue weighted by Crippen LogP contribution is 2.45. The van der Waals surface area contributed by atoms with Crippen LogP contribution in [0.5, 0.6) is 23.0 Å². The number of benzene rings is 2. The van der Waals surface area contributed by atoms with Gasteiger partial charge in [-0.15, -0.1) is 26.3 Å². The van der Waals surface area contributed by atoms with E-state index >= 15 is 0 Å². The summed E-state index contributed by atoms with van der Waals surface area (Å²) in [5, 5.41) is 0. The number of hydrogen-bond acceptors (Lipinski definition) is 5. The van der Waals surface area contributed by atoms with Crippen LogP contribution in [0.1, 0.15) is 0 Å². The molecule has 0 aliphatic carbocycles. The minimum absolute atomic E-state index is 0.313. The van der Waals surface area contributed by atoms with Gasteiger partial charge in [-0.3, -0.25) is 4.89 Å². The molecule has 0 aromatic heterocycles. The van der Waals surface area contributed by atoms with Crippen molar-refractivity contribution in [2.45, 2.75) is 12.7 Å². The van der Waals surface area contributed by atoms with E-state index in [4.69, 9.17) is 0 Å². The maximum Gasteiger partial charge on any atom is 0.584 e. The van der Waals surface area contributed by atoms with Crippen LogP contribution < -0.4 is 18.5 Å². The molecule has 0 amide bonds. The van der Waals surface area contributed by atoms with Crippen molar-refractivity contribution in [3.63, 3.8) is 0 Å². The zero-order valence-corrected chi connectivity index (χ0v) is 13.7. The fourth-order valence-electron chi connectivity index (χ4n) is 1.69. The summed E-state index contributed by atoms with van der Waals surface area (Å²) in [7, 11) is -4.77. The second-order valence-electron chi connectivity index (χ2n) is 4.69. The van der Waals surface area contributed by atoms with Crippen molar-refractivity contribution >= 4 is 7.82 Å². The minimum Gasteiger partial charge on any atom is -0.406 e. The first-order chi connectivity index (χ1) is 12.3. The molecule has 0 fully saturated rings. The number of ether oxygens (including phenoxy) is 2. The Hall–Kier alpha value is -2.59. The molecule has 13 heteroatoms. The number of phosphoric ester groups is 1. The van der Waals surface area contributed by atoms with Crippen molar-refractivity contribution in [1.29, 1.82) is 0 Å². The molecule has 148 valence electrons. The van der Waals surface area contributed by atoms with Gasteiger partial charge in [-0.05, 0) is 48.5 Å². The van der Waals surface area contributed by atoms with Crippen molar-refractivity contribution in [3.05, 3.63) is 48.5 Å². The lowest BCUT2D eigenvalue weighted by Gasteiger charge is -2.15. The van der Waals surface area contributed by atoms with Gasteiger partial charge in [-0.25, -0.2) is 4.57 Å². The van der Waals surface area contributed by atoms with Crippen LogP contribution in [0.25, 0.3) is 0 Å². The lowest BCUT2D eigenvalue weighted by atomic mass is 10.3. The Bertz CT molecular complexity index is 737. The van der Waals surface area contributed by atoms with Crippen LogP contribution in [0.3, 0.4) is 0 Å². The first-order valence-electron chi connectivity index (χ1n) is 6.75. The van der Waals surface area contributed by atoms with E-state index in [0.717, 1.165) is 48.5 Å². The van der Waals surface area contributed by atoms with Crippen molar-refractivity contribution in [2.24, 2.45) is 0 Å². The van der Waals surface area contributed by atoms with Gasteiger partial charge in [0, 0.05) is 0 Å². The molecule has 0 unspecified atom stereocenters. The molecule has 2 aromatic carbocycles. The van der Waals surface area contributed by atoms with Crippen LogP contribution in [0, 0.1) is 0 Å². The molecule has 6 nitrogen and oxygen atoms in total. The second kappa shape index (κ2) is 7.57. The van der Waals surface area contributed by atoms with Gasteiger partial charge in [0.05, 0.1) is 0 Å². The third-order valence-corrected chi connectivity index (χ3v) is 3.44. The van der Waals surface area contributed by atoms with E-state index in [1.807, 2.05) is 0 Å². The topological polar surface area (TPSA) is 74.2 Å². The number of rotatable bonds is 6. The summed E-state index contributed by atoms with van der Waals surface area (Å²) in [6.07, 6.45) is -9.81. The van der Waals surface area contributed by atoms with Gasteiger partial charge in [0.25, 0.3) is 0 Å². The Morgan fingerprint density at radius 3 is 1.15 bits per heavy atom. The van der Waals surface area contributed by atoms with E-state index in [2.05, 4.69) is 18.5 Å². The lowest BCUT2D eigenvalue weighted by molar-refractivity contribution is -0.275. The predicted octanol–water partition coefficient (Wildman–Crippen LogP) is 5.04. The largest absolute Gasteiger partial charge is 0.584 e. The fraction of sp³-hybridized carbons (Fsp3) is 0.143. The van der Waals surface area contributed by atoms with Crippen molar-refractivity contribution in [1.82, 2.24) is 0 Å². The standard InChI is InChI=1S/C14H9F6O6P/c15-13(16,17)23-9-1-5-11(6-2-9)25-27(21,22)26-12-7-3-10(4-8-12)24-14(18,19)20/h1-8H,(H,21,22). The Labute approximate surface area is 147 Å². The van der Waals surface area contributed by atoms with Crippen LogP contribution in [-0.4, -0.2) is 17.6 Å². The summed E-state index contributed by atoms with van der Waals surface area (Å²) in [6.45, 7) is 0. The summed E-state index contributed by atoms with van der Waals surface area (Å²) >= 11 is 0. The number of hydrogen-bond donors (Lipinski definition) is 1. The van der Waals surface area contributed by atoms with Crippen LogP contribution in [0.4, 0.5) is 26.3 Å². The Morgan fingerprint density at radius 1 is 0.630 bits per heavy atom. The summed E-state index contributed by atoms with van der Waals surface area (Å²) in [5.74, 6) is -1.78. The molecule has 0 atom stereocenters. The van der Waals surface area contributed by atoms with Gasteiger partial charge in [0.2, 0.25) is 0 Å². The van der Waals surface area contributed by atoms with Gasteiger partial charge in [-0.2, -0.15) is 0 Å². The lowest BCUT2D eigenvalue weighted by Crippen LogP contribution is -2.17. The molecule has 0 heterocycles. The van der Waals surface area contributed by atoms with Gasteiger partial charge in [-0.1, -0.05) is 0 Å². The minimum atomic E-state index is -4.90. The van der Waals surface area contributed by atoms with Gasteiger partial charge >= 0.3 is 20.5 Å². The number of phosphoric acid groups is 1. The zero-order valence-electron chi connectivity index (χ0n) is 12.8. The van der Waals surface area contributed by atoms with Crippen LogP contribution in [-0.2, 0) is 4.57 Å². The molecular formula is C14H9F6O6P. The van der Waals surface area contributed by atoms with Crippen LogP contribution >= 0.6 is 7.82 Å². The Kier molecular flexibility index (Phi) is 5.81. The molecule has 0 aliphatic rings. The maximum absolute atomic E-state index is 12.0. The molecule has 0 aliphatic heterocycles. The Balaban J connectivity index is 1.99. The van der Waals surface area contributed by atoms with Crippen molar-refractivity contribution in [3.8, 4) is 23.0 Å². The van der Waals surface area contributed by atoms with E-state index in [1.54, 1.807) is 0 Å². The highest BCUT2D eigenvalue weighted by atomic mass is 31.2. The van der Waals surface area contributed by atoms with E-state index < -0.39 is 32.0 Å². The van der Waals surface area contributed by atoms with E-state index in [1.165, 1.54) is 0 Å². The summed E-state index contributed by atoms with van der Waals surface area (Å²) < 4.78 is 101. The molecule has 2 aromatic rings. The predicted molar refractivity (Wildman–Crippen MR) is 77.3 cm³/mol. The second-order valence-corrected chi connectivity index (χ2v) is 5.99. The van der Waals surface area contributed by atoms with Crippen molar-refractivity contribution in [2.75, 3.05) is 0 Å². The quantitative estimate of drug-likeness (QED) is 0.523. The molecule has 0 radical (unpaired) electrons. The third kappa shape index (κ3) is 7.67. The molecular weight excluding hydrogens is 409 g/mol. The molecule has 2 rings (SSSR count). The molecule has 0 bridgehead atoms. The van der Waals surface area contributed by atoms with Crippen LogP contribution in [0.2, 0.25) is 0 Å². The third-order valence-electron chi connectivity index (χ3n) is 2.56. The SMILES string of the molecule is O=P(O)(Oc1ccc(OC(F)(F)F)cc1)Oc1ccc(OC(F)(F)F)cc1. The van der Waals surface area contributed by atoms with Crippen LogP contribution in [0.15, 0.2) is 48.5 Å². The summed E-state index contributed by atoms with van der Waals surface area (Å²) in [5.41, 5.74) is 0. The first kappa shape index (κ1) is 20.7. The zero-order chi connectivity index (χ0) is 20.3. The molecule has 1 N–H and O–H groups in total. The highest BCUT2D eigenvalue weighted by molar-refractivity contribution is 7.48. The first-order valence-corrected chi connectivity index (χ1v) is 8.24. The summed E-state index contributed by atoms with van der Waals surface area (Å²) in [4.78, 5) is 9.62. The van der Waals surface area contributed by atoms with E-state index in [9.17, 15) is 35.8 Å². The van der Waals surface area contributed by atoms with E-state index in [-0.39, 0.29) is 11.5 Å². The number of alkyl halides is 6. The molecule has 0 saturated carbocycles. The monoisotopic (exact) mass is 418 g/mol. The highest BCUT2D eigenvalue weighted by Gasteiger charge is 2.32. The molecule has 0 saturated heterocycles. The van der Waals surface area contributed by atoms with Gasteiger partial charge < -0.3 is 18.5 Å². The normalized spacial score (nSPS) is 12.4. The van der Waals surface area contributed by atoms with Gasteiger partial charge in [0.1, 0.15) is 23.0 Å². The number of halogens is 6. The average Bonchev–Trinajstić information content (AvgIpc) is 2.48. The fourth-order valence-corrected chi connectivity index (χ4v) is 2.50. The Morgan fingerprint density at radius 2 is 0.889 bits per heavy atom. The summed E-state index contributed by atoms with van der Waals surface area (Å²) in [6, 6.07) is 7.05. The maximum atomic E-state index is 12.0. The van der Waals surface area contributed by atoms with Crippen molar-refractivity contribution < 1.29 is 54.3 Å².